The summed E-state index contributed by atoms with van der Waals surface area (Å²) in [4.78, 5) is 13.8. The van der Waals surface area contributed by atoms with Gasteiger partial charge in [-0.3, -0.25) is 4.79 Å². The zero-order valence-corrected chi connectivity index (χ0v) is 11.6. The second kappa shape index (κ2) is 7.78. The Morgan fingerprint density at radius 1 is 1.44 bits per heavy atom. The maximum atomic E-state index is 12.2. The Morgan fingerprint density at radius 3 is 2.67 bits per heavy atom. The minimum atomic E-state index is -0.689. The van der Waals surface area contributed by atoms with Crippen LogP contribution in [-0.2, 0) is 4.79 Å². The molecule has 96 valence electrons. The molecule has 0 aromatic heterocycles. The van der Waals surface area contributed by atoms with Gasteiger partial charge in [-0.15, -0.1) is 0 Å². The molecule has 0 saturated heterocycles. The fraction of sp³-hybridized carbons (Fsp3) is 0.429. The van der Waals surface area contributed by atoms with Gasteiger partial charge in [0.15, 0.2) is 0 Å². The molecule has 0 bridgehead atoms. The van der Waals surface area contributed by atoms with E-state index in [9.17, 15) is 4.79 Å². The summed E-state index contributed by atoms with van der Waals surface area (Å²) in [6.45, 7) is 0.699. The monoisotopic (exact) mass is 262 g/mol. The molecule has 1 amide bonds. The number of likely N-dealkylation sites (N-methyl/N-ethyl adjacent to an activating group) is 1. The van der Waals surface area contributed by atoms with Crippen LogP contribution >= 0.6 is 11.8 Å². The van der Waals surface area contributed by atoms with Crippen molar-refractivity contribution in [2.45, 2.75) is 12.3 Å². The zero-order chi connectivity index (χ0) is 13.4. The van der Waals surface area contributed by atoms with Crippen molar-refractivity contribution in [3.63, 3.8) is 0 Å². The smallest absolute Gasteiger partial charge is 0.244 e. The van der Waals surface area contributed by atoms with Crippen LogP contribution in [0, 0.1) is 11.3 Å². The normalized spacial score (nSPS) is 11.6. The van der Waals surface area contributed by atoms with Crippen molar-refractivity contribution in [3.8, 4) is 6.07 Å². The molecule has 18 heavy (non-hydrogen) atoms. The number of carbonyl (C=O) groups is 1. The van der Waals surface area contributed by atoms with Crippen LogP contribution in [0.4, 0.5) is 0 Å². The summed E-state index contributed by atoms with van der Waals surface area (Å²) in [6.07, 6.45) is 3.00. The number of benzene rings is 1. The highest BCUT2D eigenvalue weighted by molar-refractivity contribution is 7.98. The van der Waals surface area contributed by atoms with Crippen LogP contribution in [0.3, 0.4) is 0 Å². The fourth-order valence-corrected chi connectivity index (χ4v) is 2.11. The molecule has 0 spiro atoms. The van der Waals surface area contributed by atoms with Crippen molar-refractivity contribution in [1.82, 2.24) is 4.90 Å². The third kappa shape index (κ3) is 4.08. The second-order valence-electron chi connectivity index (χ2n) is 4.08. The summed E-state index contributed by atoms with van der Waals surface area (Å²) >= 11 is 1.76. The molecular weight excluding hydrogens is 244 g/mol. The lowest BCUT2D eigenvalue weighted by Crippen LogP contribution is -2.32. The van der Waals surface area contributed by atoms with Gasteiger partial charge in [0.1, 0.15) is 5.92 Å². The van der Waals surface area contributed by atoms with Crippen LogP contribution in [0.5, 0.6) is 0 Å². The maximum absolute atomic E-state index is 12.2. The summed E-state index contributed by atoms with van der Waals surface area (Å²) in [5, 5.41) is 9.17. The van der Waals surface area contributed by atoms with Crippen LogP contribution < -0.4 is 0 Å². The number of nitriles is 1. The minimum absolute atomic E-state index is 0.121. The number of hydrogen-bond donors (Lipinski definition) is 0. The van der Waals surface area contributed by atoms with Gasteiger partial charge in [-0.2, -0.15) is 17.0 Å². The van der Waals surface area contributed by atoms with Gasteiger partial charge < -0.3 is 4.90 Å². The summed E-state index contributed by atoms with van der Waals surface area (Å²) in [7, 11) is 1.76. The summed E-state index contributed by atoms with van der Waals surface area (Å²) in [5.41, 5.74) is 0.765. The number of carbonyl (C=O) groups excluding carboxylic acids is 1. The predicted octanol–water partition coefficient (Wildman–Crippen LogP) is 2.51. The first-order valence-electron chi connectivity index (χ1n) is 5.89. The van der Waals surface area contributed by atoms with Crippen LogP contribution in [-0.4, -0.2) is 36.4 Å². The Morgan fingerprint density at radius 2 is 2.11 bits per heavy atom. The molecule has 1 aromatic carbocycles. The summed E-state index contributed by atoms with van der Waals surface area (Å²) < 4.78 is 0. The Labute approximate surface area is 113 Å². The number of amides is 1. The van der Waals surface area contributed by atoms with E-state index in [0.717, 1.165) is 17.7 Å². The fourth-order valence-electron chi connectivity index (χ4n) is 1.69. The van der Waals surface area contributed by atoms with Gasteiger partial charge in [-0.05, 0) is 24.0 Å². The first-order chi connectivity index (χ1) is 8.70. The molecule has 0 N–H and O–H groups in total. The van der Waals surface area contributed by atoms with E-state index < -0.39 is 5.92 Å². The molecule has 1 rings (SSSR count). The average Bonchev–Trinajstić information content (AvgIpc) is 2.41. The zero-order valence-electron chi connectivity index (χ0n) is 10.8. The van der Waals surface area contributed by atoms with E-state index in [-0.39, 0.29) is 5.91 Å². The molecule has 0 fully saturated rings. The van der Waals surface area contributed by atoms with Gasteiger partial charge in [0.25, 0.3) is 0 Å². The van der Waals surface area contributed by atoms with Crippen molar-refractivity contribution in [1.29, 1.82) is 5.26 Å². The highest BCUT2D eigenvalue weighted by Gasteiger charge is 2.22. The van der Waals surface area contributed by atoms with E-state index in [4.69, 9.17) is 5.26 Å². The number of thioether (sulfide) groups is 1. The SMILES string of the molecule is CSCCCN(C)C(=O)C(C#N)c1ccccc1. The van der Waals surface area contributed by atoms with E-state index in [0.29, 0.717) is 6.54 Å². The third-order valence-electron chi connectivity index (χ3n) is 2.73. The van der Waals surface area contributed by atoms with Gasteiger partial charge in [0.2, 0.25) is 5.91 Å². The molecule has 0 saturated carbocycles. The summed E-state index contributed by atoms with van der Waals surface area (Å²) in [5.74, 6) is 0.218. The van der Waals surface area contributed by atoms with Gasteiger partial charge >= 0.3 is 0 Å². The molecule has 1 unspecified atom stereocenters. The van der Waals surface area contributed by atoms with Crippen LogP contribution in [0.2, 0.25) is 0 Å². The number of nitrogens with zero attached hydrogens (tertiary/aromatic N) is 2. The molecule has 0 heterocycles. The highest BCUT2D eigenvalue weighted by atomic mass is 32.2. The molecule has 0 aliphatic rings. The molecule has 1 aromatic rings. The highest BCUT2D eigenvalue weighted by Crippen LogP contribution is 2.17. The van der Waals surface area contributed by atoms with Crippen LogP contribution in [0.25, 0.3) is 0 Å². The molecule has 4 heteroatoms. The Bertz CT molecular complexity index is 414. The van der Waals surface area contributed by atoms with E-state index in [1.165, 1.54) is 0 Å². The first kappa shape index (κ1) is 14.6. The van der Waals surface area contributed by atoms with Crippen molar-refractivity contribution < 1.29 is 4.79 Å². The second-order valence-corrected chi connectivity index (χ2v) is 5.06. The van der Waals surface area contributed by atoms with Gasteiger partial charge in [0, 0.05) is 13.6 Å². The molecule has 0 radical (unpaired) electrons. The molecule has 1 atom stereocenters. The Kier molecular flexibility index (Phi) is 6.31. The molecule has 0 aliphatic carbocycles. The van der Waals surface area contributed by atoms with Gasteiger partial charge in [0.05, 0.1) is 6.07 Å². The molecule has 0 aliphatic heterocycles. The van der Waals surface area contributed by atoms with Crippen molar-refractivity contribution in [3.05, 3.63) is 35.9 Å². The molecule has 3 nitrogen and oxygen atoms in total. The third-order valence-corrected chi connectivity index (χ3v) is 3.42. The minimum Gasteiger partial charge on any atom is -0.344 e. The Hall–Kier alpha value is -1.47. The van der Waals surface area contributed by atoms with Crippen molar-refractivity contribution >= 4 is 17.7 Å². The van der Waals surface area contributed by atoms with Gasteiger partial charge in [-0.25, -0.2) is 0 Å². The van der Waals surface area contributed by atoms with Gasteiger partial charge in [-0.1, -0.05) is 30.3 Å². The maximum Gasteiger partial charge on any atom is 0.244 e. The topological polar surface area (TPSA) is 44.1 Å². The van der Waals surface area contributed by atoms with Crippen LogP contribution in [0.1, 0.15) is 17.9 Å². The first-order valence-corrected chi connectivity index (χ1v) is 7.28. The van der Waals surface area contributed by atoms with Crippen LogP contribution in [0.15, 0.2) is 30.3 Å². The number of rotatable bonds is 6. The average molecular weight is 262 g/mol. The lowest BCUT2D eigenvalue weighted by molar-refractivity contribution is -0.130. The predicted molar refractivity (Wildman–Crippen MR) is 75.4 cm³/mol. The lowest BCUT2D eigenvalue weighted by Gasteiger charge is -2.20. The van der Waals surface area contributed by atoms with Crippen molar-refractivity contribution in [2.75, 3.05) is 25.6 Å². The van der Waals surface area contributed by atoms with E-state index in [1.807, 2.05) is 36.6 Å². The van der Waals surface area contributed by atoms with E-state index in [1.54, 1.807) is 23.7 Å². The Balaban J connectivity index is 2.66. The standard InChI is InChI=1S/C14H18N2OS/c1-16(9-6-10-18-2)14(17)13(11-15)12-7-4-3-5-8-12/h3-5,7-8,13H,6,9-10H2,1-2H3. The largest absolute Gasteiger partial charge is 0.344 e. The summed E-state index contributed by atoms with van der Waals surface area (Å²) in [6, 6.07) is 11.3. The quantitative estimate of drug-likeness (QED) is 0.740. The van der Waals surface area contributed by atoms with E-state index in [2.05, 4.69) is 6.07 Å². The molecular formula is C14H18N2OS. The van der Waals surface area contributed by atoms with E-state index >= 15 is 0 Å². The number of hydrogen-bond acceptors (Lipinski definition) is 3. The lowest BCUT2D eigenvalue weighted by atomic mass is 9.99. The van der Waals surface area contributed by atoms with Crippen molar-refractivity contribution in [2.24, 2.45) is 0 Å².